The zero-order valence-electron chi connectivity index (χ0n) is 8.96. The molecule has 0 bridgehead atoms. The van der Waals surface area contributed by atoms with Crippen molar-refractivity contribution in [1.82, 2.24) is 4.57 Å². The second kappa shape index (κ2) is 3.87. The standard InChI is InChI=1S/C13H17N/c1-3-4-6-11-7-5-8-13-12(11)9-10-14(13)2/h5,7-10H,3-4,6H2,1-2H3. The van der Waals surface area contributed by atoms with Crippen LogP contribution >= 0.6 is 0 Å². The minimum absolute atomic E-state index is 1.21. The van der Waals surface area contributed by atoms with Gasteiger partial charge in [-0.05, 0) is 30.5 Å². The van der Waals surface area contributed by atoms with Crippen molar-refractivity contribution in [2.75, 3.05) is 0 Å². The summed E-state index contributed by atoms with van der Waals surface area (Å²) in [5.74, 6) is 0. The maximum Gasteiger partial charge on any atom is 0.0480 e. The normalized spacial score (nSPS) is 11.0. The Kier molecular flexibility index (Phi) is 2.58. The van der Waals surface area contributed by atoms with E-state index in [1.807, 2.05) is 0 Å². The van der Waals surface area contributed by atoms with Gasteiger partial charge < -0.3 is 4.57 Å². The summed E-state index contributed by atoms with van der Waals surface area (Å²) in [6, 6.07) is 8.82. The van der Waals surface area contributed by atoms with Crippen LogP contribution in [0.15, 0.2) is 30.5 Å². The highest BCUT2D eigenvalue weighted by molar-refractivity contribution is 5.83. The molecular formula is C13H17N. The summed E-state index contributed by atoms with van der Waals surface area (Å²) in [5.41, 5.74) is 2.84. The Balaban J connectivity index is 2.44. The molecule has 1 heterocycles. The van der Waals surface area contributed by atoms with Crippen LogP contribution in [0, 0.1) is 0 Å². The monoisotopic (exact) mass is 187 g/mol. The van der Waals surface area contributed by atoms with Gasteiger partial charge >= 0.3 is 0 Å². The highest BCUT2D eigenvalue weighted by Crippen LogP contribution is 2.20. The van der Waals surface area contributed by atoms with E-state index in [0.29, 0.717) is 0 Å². The van der Waals surface area contributed by atoms with Crippen LogP contribution < -0.4 is 0 Å². The maximum atomic E-state index is 2.25. The van der Waals surface area contributed by atoms with Crippen molar-refractivity contribution in [3.05, 3.63) is 36.0 Å². The van der Waals surface area contributed by atoms with Crippen LogP contribution in [0.5, 0.6) is 0 Å². The molecule has 2 rings (SSSR count). The molecule has 0 unspecified atom stereocenters. The van der Waals surface area contributed by atoms with Crippen molar-refractivity contribution in [1.29, 1.82) is 0 Å². The Hall–Kier alpha value is -1.24. The highest BCUT2D eigenvalue weighted by Gasteiger charge is 2.02. The van der Waals surface area contributed by atoms with Crippen LogP contribution in [0.2, 0.25) is 0 Å². The van der Waals surface area contributed by atoms with E-state index in [2.05, 4.69) is 49.0 Å². The number of rotatable bonds is 3. The van der Waals surface area contributed by atoms with E-state index in [0.717, 1.165) is 0 Å². The van der Waals surface area contributed by atoms with Crippen LogP contribution in [0.3, 0.4) is 0 Å². The molecule has 1 aromatic carbocycles. The molecule has 0 saturated carbocycles. The lowest BCUT2D eigenvalue weighted by molar-refractivity contribution is 0.799. The molecule has 0 aliphatic heterocycles. The average Bonchev–Trinajstić information content (AvgIpc) is 2.58. The van der Waals surface area contributed by atoms with E-state index in [1.54, 1.807) is 0 Å². The van der Waals surface area contributed by atoms with Crippen molar-refractivity contribution in [3.8, 4) is 0 Å². The van der Waals surface area contributed by atoms with Gasteiger partial charge in [-0.15, -0.1) is 0 Å². The minimum atomic E-state index is 1.21. The van der Waals surface area contributed by atoms with E-state index in [1.165, 1.54) is 35.7 Å². The minimum Gasteiger partial charge on any atom is -0.351 e. The van der Waals surface area contributed by atoms with Gasteiger partial charge in [-0.3, -0.25) is 0 Å². The van der Waals surface area contributed by atoms with Crippen LogP contribution in [-0.4, -0.2) is 4.57 Å². The van der Waals surface area contributed by atoms with E-state index >= 15 is 0 Å². The molecule has 1 aromatic heterocycles. The Morgan fingerprint density at radius 2 is 2.07 bits per heavy atom. The van der Waals surface area contributed by atoms with Crippen molar-refractivity contribution < 1.29 is 0 Å². The number of hydrogen-bond donors (Lipinski definition) is 0. The quantitative estimate of drug-likeness (QED) is 0.693. The highest BCUT2D eigenvalue weighted by atomic mass is 14.9. The molecular weight excluding hydrogens is 170 g/mol. The molecule has 1 nitrogen and oxygen atoms in total. The number of unbranched alkanes of at least 4 members (excludes halogenated alkanes) is 1. The molecule has 1 heteroatoms. The van der Waals surface area contributed by atoms with Gasteiger partial charge in [-0.25, -0.2) is 0 Å². The number of hydrogen-bond acceptors (Lipinski definition) is 0. The largest absolute Gasteiger partial charge is 0.351 e. The lowest BCUT2D eigenvalue weighted by Gasteiger charge is -2.02. The number of aryl methyl sites for hydroxylation is 2. The van der Waals surface area contributed by atoms with E-state index in [9.17, 15) is 0 Å². The third-order valence-electron chi connectivity index (χ3n) is 2.82. The smallest absolute Gasteiger partial charge is 0.0480 e. The molecule has 2 aromatic rings. The summed E-state index contributed by atoms with van der Waals surface area (Å²) < 4.78 is 2.19. The SMILES string of the molecule is CCCCc1cccc2c1ccn2C. The molecule has 0 fully saturated rings. The maximum absolute atomic E-state index is 2.25. The van der Waals surface area contributed by atoms with Gasteiger partial charge in [0, 0.05) is 24.1 Å². The summed E-state index contributed by atoms with van der Waals surface area (Å²) in [5, 5.41) is 1.42. The number of aromatic nitrogens is 1. The fourth-order valence-electron chi connectivity index (χ4n) is 1.95. The first-order valence-corrected chi connectivity index (χ1v) is 5.36. The number of nitrogens with zero attached hydrogens (tertiary/aromatic N) is 1. The summed E-state index contributed by atoms with van der Waals surface area (Å²) in [6.07, 6.45) is 5.90. The van der Waals surface area contributed by atoms with E-state index < -0.39 is 0 Å². The first-order chi connectivity index (χ1) is 6.83. The van der Waals surface area contributed by atoms with Gasteiger partial charge in [0.2, 0.25) is 0 Å². The molecule has 0 atom stereocenters. The average molecular weight is 187 g/mol. The predicted molar refractivity (Wildman–Crippen MR) is 61.5 cm³/mol. The van der Waals surface area contributed by atoms with Gasteiger partial charge in [0.15, 0.2) is 0 Å². The van der Waals surface area contributed by atoms with Crippen molar-refractivity contribution in [2.24, 2.45) is 7.05 Å². The van der Waals surface area contributed by atoms with Gasteiger partial charge in [-0.1, -0.05) is 25.5 Å². The van der Waals surface area contributed by atoms with Gasteiger partial charge in [-0.2, -0.15) is 0 Å². The summed E-state index contributed by atoms with van der Waals surface area (Å²) in [7, 11) is 2.10. The van der Waals surface area contributed by atoms with E-state index in [-0.39, 0.29) is 0 Å². The van der Waals surface area contributed by atoms with Crippen LogP contribution in [0.4, 0.5) is 0 Å². The summed E-state index contributed by atoms with van der Waals surface area (Å²) in [4.78, 5) is 0. The lowest BCUT2D eigenvalue weighted by Crippen LogP contribution is -1.87. The van der Waals surface area contributed by atoms with Crippen LogP contribution in [-0.2, 0) is 13.5 Å². The molecule has 0 radical (unpaired) electrons. The molecule has 74 valence electrons. The molecule has 0 aliphatic carbocycles. The van der Waals surface area contributed by atoms with Crippen LogP contribution in [0.25, 0.3) is 10.9 Å². The fraction of sp³-hybridized carbons (Fsp3) is 0.385. The summed E-state index contributed by atoms with van der Waals surface area (Å²) in [6.45, 7) is 2.24. The van der Waals surface area contributed by atoms with Gasteiger partial charge in [0.1, 0.15) is 0 Å². The molecule has 0 saturated heterocycles. The Bertz CT molecular complexity index is 426. The van der Waals surface area contributed by atoms with Gasteiger partial charge in [0.25, 0.3) is 0 Å². The van der Waals surface area contributed by atoms with Crippen molar-refractivity contribution in [3.63, 3.8) is 0 Å². The Morgan fingerprint density at radius 1 is 1.21 bits per heavy atom. The lowest BCUT2D eigenvalue weighted by atomic mass is 10.0. The zero-order valence-corrected chi connectivity index (χ0v) is 8.96. The van der Waals surface area contributed by atoms with Crippen LogP contribution in [0.1, 0.15) is 25.3 Å². The third-order valence-corrected chi connectivity index (χ3v) is 2.82. The number of fused-ring (bicyclic) bond motifs is 1. The third kappa shape index (κ3) is 1.54. The Labute approximate surface area is 85.4 Å². The molecule has 0 spiro atoms. The predicted octanol–water partition coefficient (Wildman–Crippen LogP) is 3.52. The van der Waals surface area contributed by atoms with Crippen molar-refractivity contribution in [2.45, 2.75) is 26.2 Å². The van der Waals surface area contributed by atoms with Crippen molar-refractivity contribution >= 4 is 10.9 Å². The molecule has 0 amide bonds. The van der Waals surface area contributed by atoms with E-state index in [4.69, 9.17) is 0 Å². The first-order valence-electron chi connectivity index (χ1n) is 5.36. The number of benzene rings is 1. The molecule has 14 heavy (non-hydrogen) atoms. The fourth-order valence-corrected chi connectivity index (χ4v) is 1.95. The zero-order chi connectivity index (χ0) is 9.97. The second-order valence-electron chi connectivity index (χ2n) is 3.88. The molecule has 0 aliphatic rings. The second-order valence-corrected chi connectivity index (χ2v) is 3.88. The van der Waals surface area contributed by atoms with Gasteiger partial charge in [0.05, 0.1) is 0 Å². The molecule has 0 N–H and O–H groups in total. The Morgan fingerprint density at radius 3 is 2.86 bits per heavy atom. The first kappa shape index (κ1) is 9.32. The topological polar surface area (TPSA) is 4.93 Å². The summed E-state index contributed by atoms with van der Waals surface area (Å²) >= 11 is 0.